The standard InChI is InChI=1S/C23H29N3O/c1-16-8-10-18(11-9-16)20-14-21(25-22(27)15-23(2,3)26(20)25)24-13-12-17-6-4-5-7-19(17)24/h8-13,20-21H,4-7,14-15H2,1-3H3/t20-,21-/m1/s1. The van der Waals surface area contributed by atoms with E-state index in [1.165, 1.54) is 41.6 Å². The molecular formula is C23H29N3O. The van der Waals surface area contributed by atoms with Crippen LogP contribution in [0, 0.1) is 6.92 Å². The van der Waals surface area contributed by atoms with Crippen molar-refractivity contribution in [1.29, 1.82) is 0 Å². The van der Waals surface area contributed by atoms with Crippen LogP contribution in [0.1, 0.15) is 74.1 Å². The molecule has 27 heavy (non-hydrogen) atoms. The van der Waals surface area contributed by atoms with Crippen LogP contribution >= 0.6 is 0 Å². The van der Waals surface area contributed by atoms with Gasteiger partial charge >= 0.3 is 0 Å². The summed E-state index contributed by atoms with van der Waals surface area (Å²) >= 11 is 0. The molecule has 2 fully saturated rings. The molecule has 4 heteroatoms. The molecule has 0 saturated carbocycles. The molecule has 0 bridgehead atoms. The van der Waals surface area contributed by atoms with E-state index in [0.717, 1.165) is 12.8 Å². The molecule has 1 amide bonds. The van der Waals surface area contributed by atoms with Crippen LogP contribution in [-0.2, 0) is 17.6 Å². The highest BCUT2D eigenvalue weighted by Gasteiger charge is 2.55. The van der Waals surface area contributed by atoms with Crippen molar-refractivity contribution in [1.82, 2.24) is 14.6 Å². The minimum absolute atomic E-state index is 0.104. The first-order valence-electron chi connectivity index (χ1n) is 10.3. The zero-order chi connectivity index (χ0) is 18.8. The first kappa shape index (κ1) is 17.1. The minimum atomic E-state index is -0.144. The Morgan fingerprint density at radius 1 is 1.04 bits per heavy atom. The average Bonchev–Trinajstić information content (AvgIpc) is 3.29. The lowest BCUT2D eigenvalue weighted by molar-refractivity contribution is -0.144. The quantitative estimate of drug-likeness (QED) is 0.783. The average molecular weight is 364 g/mol. The maximum atomic E-state index is 13.0. The molecule has 1 aromatic carbocycles. The highest BCUT2D eigenvalue weighted by atomic mass is 16.2. The summed E-state index contributed by atoms with van der Waals surface area (Å²) in [5, 5.41) is 4.46. The number of fused-ring (bicyclic) bond motifs is 2. The number of nitrogens with zero attached hydrogens (tertiary/aromatic N) is 3. The summed E-state index contributed by atoms with van der Waals surface area (Å²) in [4.78, 5) is 13.0. The number of carbonyl (C=O) groups excluding carboxylic acids is 1. The predicted molar refractivity (Wildman–Crippen MR) is 106 cm³/mol. The molecule has 2 aliphatic heterocycles. The molecule has 0 radical (unpaired) electrons. The number of hydrogen-bond acceptors (Lipinski definition) is 2. The lowest BCUT2D eigenvalue weighted by Crippen LogP contribution is -2.44. The van der Waals surface area contributed by atoms with E-state index in [2.05, 4.69) is 71.9 Å². The summed E-state index contributed by atoms with van der Waals surface area (Å²) < 4.78 is 2.41. The Kier molecular flexibility index (Phi) is 3.77. The van der Waals surface area contributed by atoms with Crippen molar-refractivity contribution >= 4 is 5.91 Å². The molecule has 3 heterocycles. The van der Waals surface area contributed by atoms with Crippen molar-refractivity contribution in [3.05, 3.63) is 58.9 Å². The Morgan fingerprint density at radius 2 is 1.78 bits per heavy atom. The number of carbonyl (C=O) groups is 1. The third-order valence-electron chi connectivity index (χ3n) is 6.71. The molecule has 142 valence electrons. The van der Waals surface area contributed by atoms with E-state index < -0.39 is 0 Å². The Bertz CT molecular complexity index is 880. The maximum Gasteiger partial charge on any atom is 0.240 e. The van der Waals surface area contributed by atoms with Gasteiger partial charge in [-0.3, -0.25) is 9.80 Å². The molecule has 2 aromatic rings. The van der Waals surface area contributed by atoms with Crippen LogP contribution in [0.3, 0.4) is 0 Å². The number of benzene rings is 1. The first-order chi connectivity index (χ1) is 13.0. The molecule has 5 rings (SSSR count). The van der Waals surface area contributed by atoms with Crippen molar-refractivity contribution in [3.8, 4) is 0 Å². The van der Waals surface area contributed by atoms with Crippen LogP contribution in [0.25, 0.3) is 0 Å². The van der Waals surface area contributed by atoms with E-state index >= 15 is 0 Å². The van der Waals surface area contributed by atoms with Crippen molar-refractivity contribution < 1.29 is 4.79 Å². The van der Waals surface area contributed by atoms with Gasteiger partial charge in [0.15, 0.2) is 0 Å². The van der Waals surface area contributed by atoms with Crippen LogP contribution in [0.15, 0.2) is 36.5 Å². The van der Waals surface area contributed by atoms with Crippen molar-refractivity contribution in [3.63, 3.8) is 0 Å². The molecule has 2 atom stereocenters. The summed E-state index contributed by atoms with van der Waals surface area (Å²) in [6.07, 6.45) is 8.75. The van der Waals surface area contributed by atoms with Crippen LogP contribution in [-0.4, -0.2) is 26.0 Å². The number of aromatic nitrogens is 1. The zero-order valence-corrected chi connectivity index (χ0v) is 16.6. The fourth-order valence-electron chi connectivity index (χ4n) is 5.45. The van der Waals surface area contributed by atoms with Gasteiger partial charge in [0, 0.05) is 30.3 Å². The molecule has 1 aliphatic carbocycles. The van der Waals surface area contributed by atoms with Gasteiger partial charge < -0.3 is 4.57 Å². The highest BCUT2D eigenvalue weighted by Crippen LogP contribution is 2.51. The third-order valence-corrected chi connectivity index (χ3v) is 6.71. The molecule has 2 saturated heterocycles. The second kappa shape index (κ2) is 5.96. The van der Waals surface area contributed by atoms with Crippen LogP contribution in [0.4, 0.5) is 0 Å². The lowest BCUT2D eigenvalue weighted by atomic mass is 9.94. The normalized spacial score (nSPS) is 27.1. The summed E-state index contributed by atoms with van der Waals surface area (Å²) in [6, 6.07) is 11.4. The lowest BCUT2D eigenvalue weighted by Gasteiger charge is -2.37. The number of rotatable bonds is 2. The van der Waals surface area contributed by atoms with E-state index in [-0.39, 0.29) is 23.7 Å². The van der Waals surface area contributed by atoms with Gasteiger partial charge in [0.1, 0.15) is 6.17 Å². The zero-order valence-electron chi connectivity index (χ0n) is 16.6. The Labute approximate surface area is 161 Å². The molecule has 4 nitrogen and oxygen atoms in total. The van der Waals surface area contributed by atoms with Crippen LogP contribution in [0.2, 0.25) is 0 Å². The van der Waals surface area contributed by atoms with E-state index in [1.807, 2.05) is 0 Å². The topological polar surface area (TPSA) is 28.5 Å². The predicted octanol–water partition coefficient (Wildman–Crippen LogP) is 4.55. The van der Waals surface area contributed by atoms with Gasteiger partial charge in [-0.25, -0.2) is 5.01 Å². The van der Waals surface area contributed by atoms with E-state index in [0.29, 0.717) is 6.42 Å². The van der Waals surface area contributed by atoms with Crippen LogP contribution in [0.5, 0.6) is 0 Å². The van der Waals surface area contributed by atoms with Gasteiger partial charge in [0.25, 0.3) is 0 Å². The van der Waals surface area contributed by atoms with Gasteiger partial charge in [-0.2, -0.15) is 0 Å². The molecule has 0 N–H and O–H groups in total. The summed E-state index contributed by atoms with van der Waals surface area (Å²) in [7, 11) is 0. The van der Waals surface area contributed by atoms with Crippen molar-refractivity contribution in [2.24, 2.45) is 0 Å². The van der Waals surface area contributed by atoms with Crippen molar-refractivity contribution in [2.45, 2.75) is 77.0 Å². The molecule has 0 spiro atoms. The fraction of sp³-hybridized carbons (Fsp3) is 0.522. The largest absolute Gasteiger partial charge is 0.329 e. The molecule has 1 aromatic heterocycles. The van der Waals surface area contributed by atoms with E-state index in [4.69, 9.17) is 0 Å². The van der Waals surface area contributed by atoms with Gasteiger partial charge in [0.2, 0.25) is 5.91 Å². The highest BCUT2D eigenvalue weighted by molar-refractivity contribution is 5.80. The monoisotopic (exact) mass is 363 g/mol. The summed E-state index contributed by atoms with van der Waals surface area (Å²) in [5.41, 5.74) is 5.39. The van der Waals surface area contributed by atoms with E-state index in [9.17, 15) is 4.79 Å². The minimum Gasteiger partial charge on any atom is -0.329 e. The SMILES string of the molecule is Cc1ccc([C@H]2C[C@H](n3ccc4c3CCCC4)N3C(=O)CC(C)(C)N23)cc1. The van der Waals surface area contributed by atoms with Crippen LogP contribution < -0.4 is 0 Å². The number of hydrogen-bond donors (Lipinski definition) is 0. The van der Waals surface area contributed by atoms with Gasteiger partial charge in [-0.05, 0) is 63.6 Å². The Hall–Kier alpha value is -2.07. The van der Waals surface area contributed by atoms with Gasteiger partial charge in [-0.1, -0.05) is 29.8 Å². The smallest absolute Gasteiger partial charge is 0.240 e. The Morgan fingerprint density at radius 3 is 2.56 bits per heavy atom. The van der Waals surface area contributed by atoms with E-state index in [1.54, 1.807) is 0 Å². The number of aryl methyl sites for hydroxylation is 2. The van der Waals surface area contributed by atoms with Crippen molar-refractivity contribution in [2.75, 3.05) is 0 Å². The second-order valence-electron chi connectivity index (χ2n) is 9.12. The van der Waals surface area contributed by atoms with Gasteiger partial charge in [0.05, 0.1) is 6.04 Å². The number of hydrazine groups is 1. The molecular weight excluding hydrogens is 334 g/mol. The molecule has 0 unspecified atom stereocenters. The Balaban J connectivity index is 1.58. The fourth-order valence-corrected chi connectivity index (χ4v) is 5.45. The summed E-state index contributed by atoms with van der Waals surface area (Å²) in [6.45, 7) is 6.54. The number of amides is 1. The first-order valence-corrected chi connectivity index (χ1v) is 10.3. The molecule has 3 aliphatic rings. The second-order valence-corrected chi connectivity index (χ2v) is 9.12. The summed E-state index contributed by atoms with van der Waals surface area (Å²) in [5.74, 6) is 0.262. The third kappa shape index (κ3) is 2.57. The maximum absolute atomic E-state index is 13.0. The van der Waals surface area contributed by atoms with Gasteiger partial charge in [-0.15, -0.1) is 0 Å².